The molecule has 2 aromatic rings. The zero-order valence-electron chi connectivity index (χ0n) is 11.3. The van der Waals surface area contributed by atoms with Gasteiger partial charge in [0.15, 0.2) is 5.82 Å². The van der Waals surface area contributed by atoms with Crippen molar-refractivity contribution in [2.24, 2.45) is 0 Å². The third kappa shape index (κ3) is 3.45. The van der Waals surface area contributed by atoms with Crippen molar-refractivity contribution in [3.8, 4) is 0 Å². The SMILES string of the molecule is CCOC(=O)c1c(N)nsc1NCCc1csc(C)n1. The van der Waals surface area contributed by atoms with Crippen molar-refractivity contribution in [3.63, 3.8) is 0 Å². The number of carbonyl (C=O) groups is 1. The monoisotopic (exact) mass is 312 g/mol. The molecule has 0 aromatic carbocycles. The summed E-state index contributed by atoms with van der Waals surface area (Å²) in [5.74, 6) is -0.230. The van der Waals surface area contributed by atoms with E-state index in [1.165, 1.54) is 11.5 Å². The predicted molar refractivity (Wildman–Crippen MR) is 81.5 cm³/mol. The van der Waals surface area contributed by atoms with Crippen LogP contribution in [0.4, 0.5) is 10.8 Å². The van der Waals surface area contributed by atoms with Crippen molar-refractivity contribution >= 4 is 39.7 Å². The van der Waals surface area contributed by atoms with E-state index in [0.717, 1.165) is 17.1 Å². The molecule has 6 nitrogen and oxygen atoms in total. The van der Waals surface area contributed by atoms with Crippen LogP contribution in [0, 0.1) is 6.92 Å². The molecule has 0 atom stereocenters. The number of anilines is 2. The summed E-state index contributed by atoms with van der Waals surface area (Å²) in [6, 6.07) is 0. The molecule has 20 heavy (non-hydrogen) atoms. The number of carbonyl (C=O) groups excluding carboxylic acids is 1. The van der Waals surface area contributed by atoms with Gasteiger partial charge in [0.25, 0.3) is 0 Å². The Morgan fingerprint density at radius 3 is 3.00 bits per heavy atom. The maximum absolute atomic E-state index is 11.8. The van der Waals surface area contributed by atoms with Crippen LogP contribution in [0.3, 0.4) is 0 Å². The van der Waals surface area contributed by atoms with Gasteiger partial charge in [-0.2, -0.15) is 4.37 Å². The van der Waals surface area contributed by atoms with Gasteiger partial charge in [0.2, 0.25) is 0 Å². The Labute approximate surface area is 125 Å². The first-order chi connectivity index (χ1) is 9.61. The van der Waals surface area contributed by atoms with E-state index in [2.05, 4.69) is 14.7 Å². The summed E-state index contributed by atoms with van der Waals surface area (Å²) in [6.45, 7) is 4.71. The molecule has 108 valence electrons. The average Bonchev–Trinajstić information content (AvgIpc) is 2.97. The molecule has 2 aromatic heterocycles. The van der Waals surface area contributed by atoms with E-state index in [-0.39, 0.29) is 5.82 Å². The van der Waals surface area contributed by atoms with Crippen LogP contribution in [0.1, 0.15) is 28.0 Å². The number of nitrogens with two attached hydrogens (primary N) is 1. The summed E-state index contributed by atoms with van der Waals surface area (Å²) < 4.78 is 8.96. The summed E-state index contributed by atoms with van der Waals surface area (Å²) in [5, 5.41) is 6.90. The first-order valence-corrected chi connectivity index (χ1v) is 7.84. The number of esters is 1. The van der Waals surface area contributed by atoms with Gasteiger partial charge in [0, 0.05) is 18.3 Å². The van der Waals surface area contributed by atoms with E-state index < -0.39 is 5.97 Å². The quantitative estimate of drug-likeness (QED) is 0.796. The molecule has 2 rings (SSSR count). The maximum Gasteiger partial charge on any atom is 0.344 e. The number of nitrogens with one attached hydrogen (secondary N) is 1. The Balaban J connectivity index is 1.97. The molecule has 0 aliphatic heterocycles. The van der Waals surface area contributed by atoms with Gasteiger partial charge in [0.05, 0.1) is 17.3 Å². The smallest absolute Gasteiger partial charge is 0.344 e. The van der Waals surface area contributed by atoms with E-state index in [9.17, 15) is 4.79 Å². The molecule has 0 amide bonds. The third-order valence-electron chi connectivity index (χ3n) is 2.53. The lowest BCUT2D eigenvalue weighted by molar-refractivity contribution is 0.0529. The zero-order chi connectivity index (χ0) is 14.5. The largest absolute Gasteiger partial charge is 0.462 e. The van der Waals surface area contributed by atoms with Crippen molar-refractivity contribution in [3.05, 3.63) is 21.6 Å². The molecule has 2 heterocycles. The number of aryl methyl sites for hydroxylation is 1. The molecule has 0 spiro atoms. The van der Waals surface area contributed by atoms with Gasteiger partial charge in [-0.1, -0.05) is 0 Å². The van der Waals surface area contributed by atoms with Gasteiger partial charge in [0.1, 0.15) is 10.6 Å². The van der Waals surface area contributed by atoms with Crippen LogP contribution < -0.4 is 11.1 Å². The minimum Gasteiger partial charge on any atom is -0.462 e. The van der Waals surface area contributed by atoms with E-state index in [0.29, 0.717) is 23.7 Å². The molecule has 0 unspecified atom stereocenters. The van der Waals surface area contributed by atoms with Gasteiger partial charge in [-0.25, -0.2) is 9.78 Å². The number of rotatable bonds is 6. The van der Waals surface area contributed by atoms with Crippen LogP contribution >= 0.6 is 22.9 Å². The molecule has 0 saturated carbocycles. The van der Waals surface area contributed by atoms with Gasteiger partial charge in [-0.3, -0.25) is 0 Å². The highest BCUT2D eigenvalue weighted by molar-refractivity contribution is 7.11. The fraction of sp³-hybridized carbons (Fsp3) is 0.417. The van der Waals surface area contributed by atoms with Crippen molar-refractivity contribution in [1.29, 1.82) is 0 Å². The van der Waals surface area contributed by atoms with Crippen molar-refractivity contribution < 1.29 is 9.53 Å². The van der Waals surface area contributed by atoms with E-state index in [1.807, 2.05) is 12.3 Å². The van der Waals surface area contributed by atoms with Crippen molar-refractivity contribution in [2.45, 2.75) is 20.3 Å². The van der Waals surface area contributed by atoms with Crippen LogP contribution in [-0.4, -0.2) is 28.5 Å². The molecule has 0 radical (unpaired) electrons. The van der Waals surface area contributed by atoms with Gasteiger partial charge < -0.3 is 15.8 Å². The molecular formula is C12H16N4O2S2. The second kappa shape index (κ2) is 6.67. The van der Waals surface area contributed by atoms with Crippen molar-refractivity contribution in [1.82, 2.24) is 9.36 Å². The van der Waals surface area contributed by atoms with Crippen LogP contribution in [-0.2, 0) is 11.2 Å². The second-order valence-electron chi connectivity index (χ2n) is 4.03. The number of nitrogens with zero attached hydrogens (tertiary/aromatic N) is 2. The van der Waals surface area contributed by atoms with Crippen LogP contribution in [0.2, 0.25) is 0 Å². The van der Waals surface area contributed by atoms with Crippen LogP contribution in [0.25, 0.3) is 0 Å². The van der Waals surface area contributed by atoms with E-state index in [4.69, 9.17) is 10.5 Å². The lowest BCUT2D eigenvalue weighted by Crippen LogP contribution is -2.11. The first-order valence-electron chi connectivity index (χ1n) is 6.19. The van der Waals surface area contributed by atoms with E-state index >= 15 is 0 Å². The first kappa shape index (κ1) is 14.7. The molecule has 0 bridgehead atoms. The average molecular weight is 312 g/mol. The zero-order valence-corrected chi connectivity index (χ0v) is 12.9. The molecule has 0 fully saturated rings. The number of thiazole rings is 1. The van der Waals surface area contributed by atoms with Gasteiger partial charge >= 0.3 is 5.97 Å². The Bertz CT molecular complexity index is 594. The number of aromatic nitrogens is 2. The van der Waals surface area contributed by atoms with Crippen molar-refractivity contribution in [2.75, 3.05) is 24.2 Å². The van der Waals surface area contributed by atoms with Gasteiger partial charge in [-0.15, -0.1) is 11.3 Å². The Hall–Kier alpha value is -1.67. The molecule has 8 heteroatoms. The fourth-order valence-corrected chi connectivity index (χ4v) is 3.02. The number of ether oxygens (including phenoxy) is 1. The molecule has 0 aliphatic rings. The second-order valence-corrected chi connectivity index (χ2v) is 5.86. The normalized spacial score (nSPS) is 10.5. The summed E-state index contributed by atoms with van der Waals surface area (Å²) in [6.07, 6.45) is 0.782. The molecule has 0 aliphatic carbocycles. The minimum atomic E-state index is -0.439. The number of hydrogen-bond acceptors (Lipinski definition) is 8. The molecule has 3 N–H and O–H groups in total. The molecular weight excluding hydrogens is 296 g/mol. The lowest BCUT2D eigenvalue weighted by Gasteiger charge is -2.05. The Morgan fingerprint density at radius 1 is 1.55 bits per heavy atom. The fourth-order valence-electron chi connectivity index (χ4n) is 1.65. The summed E-state index contributed by atoms with van der Waals surface area (Å²) >= 11 is 2.79. The Morgan fingerprint density at radius 2 is 2.35 bits per heavy atom. The third-order valence-corrected chi connectivity index (χ3v) is 4.17. The van der Waals surface area contributed by atoms with Gasteiger partial charge in [-0.05, 0) is 25.4 Å². The van der Waals surface area contributed by atoms with Crippen LogP contribution in [0.5, 0.6) is 0 Å². The highest BCUT2D eigenvalue weighted by Crippen LogP contribution is 2.27. The predicted octanol–water partition coefficient (Wildman–Crippen LogP) is 2.32. The summed E-state index contributed by atoms with van der Waals surface area (Å²) in [5.41, 5.74) is 7.07. The van der Waals surface area contributed by atoms with Crippen LogP contribution in [0.15, 0.2) is 5.38 Å². The minimum absolute atomic E-state index is 0.209. The highest BCUT2D eigenvalue weighted by Gasteiger charge is 2.20. The molecule has 0 saturated heterocycles. The van der Waals surface area contributed by atoms with E-state index in [1.54, 1.807) is 18.3 Å². The maximum atomic E-state index is 11.8. The Kier molecular flexibility index (Phi) is 4.91. The highest BCUT2D eigenvalue weighted by atomic mass is 32.1. The topological polar surface area (TPSA) is 90.1 Å². The summed E-state index contributed by atoms with van der Waals surface area (Å²) in [7, 11) is 0. The standard InChI is InChI=1S/C12H16N4O2S2/c1-3-18-12(17)9-10(13)16-20-11(9)14-5-4-8-6-19-7(2)15-8/h6,14H,3-5H2,1-2H3,(H2,13,16). The summed E-state index contributed by atoms with van der Waals surface area (Å²) in [4.78, 5) is 16.2. The number of hydrogen-bond donors (Lipinski definition) is 2. The lowest BCUT2D eigenvalue weighted by atomic mass is 10.3. The number of nitrogen functional groups attached to an aromatic ring is 1.